The monoisotopic (exact) mass is 279 g/mol. The third kappa shape index (κ3) is 5.85. The Bertz CT molecular complexity index is 447. The van der Waals surface area contributed by atoms with E-state index < -0.39 is 31.9 Å². The van der Waals surface area contributed by atoms with Gasteiger partial charge in [0.25, 0.3) is 0 Å². The molecule has 0 saturated heterocycles. The Hall–Kier alpha value is -0.0826. The molecule has 5 nitrogen and oxygen atoms in total. The van der Waals surface area contributed by atoms with Crippen molar-refractivity contribution in [1.29, 1.82) is 0 Å². The fourth-order valence-corrected chi connectivity index (χ4v) is 2.76. The van der Waals surface area contributed by atoms with Crippen molar-refractivity contribution < 1.29 is 54.2 Å². The van der Waals surface area contributed by atoms with Gasteiger partial charge in [0, 0.05) is 0 Å². The first-order chi connectivity index (χ1) is 6.40. The Labute approximate surface area is 103 Å². The topological polar surface area (TPSA) is 80.3 Å². The van der Waals surface area contributed by atoms with Gasteiger partial charge in [0.2, 0.25) is 10.0 Å². The summed E-state index contributed by atoms with van der Waals surface area (Å²) in [6.07, 6.45) is -5.34. The second kappa shape index (κ2) is 5.50. The molecule has 0 bridgehead atoms. The standard InChI is InChI=1S/C4H5F4NO4S2.Li.H/c1-2-3(4(5,6)7)14(10,11)9-15(8,12)13;;/h2-3,9H,1H2;;/q;+1;-1. The first-order valence-corrected chi connectivity index (χ1v) is 5.99. The van der Waals surface area contributed by atoms with Gasteiger partial charge in [-0.15, -0.1) is 6.58 Å². The van der Waals surface area contributed by atoms with Crippen molar-refractivity contribution in [1.82, 2.24) is 4.13 Å². The molecule has 12 heteroatoms. The zero-order chi connectivity index (χ0) is 12.5. The number of rotatable bonds is 4. The summed E-state index contributed by atoms with van der Waals surface area (Å²) < 4.78 is 89.1. The molecule has 0 aromatic rings. The van der Waals surface area contributed by atoms with Gasteiger partial charge in [-0.1, -0.05) is 14.1 Å². The third-order valence-electron chi connectivity index (χ3n) is 1.09. The van der Waals surface area contributed by atoms with E-state index in [1.54, 1.807) is 0 Å². The van der Waals surface area contributed by atoms with E-state index in [1.165, 1.54) is 0 Å². The maximum absolute atomic E-state index is 12.0. The SMILES string of the molecule is C=CC(C(F)(F)F)S(=O)(=O)NS(=O)(=O)F.[H-].[Li+]. The summed E-state index contributed by atoms with van der Waals surface area (Å²) in [6.45, 7) is 2.57. The number of sulfonamides is 1. The van der Waals surface area contributed by atoms with Gasteiger partial charge in [-0.25, -0.2) is 8.42 Å². The van der Waals surface area contributed by atoms with Crippen molar-refractivity contribution in [2.75, 3.05) is 0 Å². The average molecular weight is 279 g/mol. The summed E-state index contributed by atoms with van der Waals surface area (Å²) in [5.41, 5.74) is 0. The maximum atomic E-state index is 12.0. The smallest absolute Gasteiger partial charge is 1.00 e. The molecule has 0 aliphatic carbocycles. The third-order valence-corrected chi connectivity index (χ3v) is 3.94. The van der Waals surface area contributed by atoms with Crippen molar-refractivity contribution in [2.45, 2.75) is 11.4 Å². The molecule has 1 unspecified atom stereocenters. The summed E-state index contributed by atoms with van der Waals surface area (Å²) in [5, 5.41) is -3.20. The number of halogens is 4. The molecule has 0 heterocycles. The maximum Gasteiger partial charge on any atom is 1.00 e. The average Bonchev–Trinajstić information content (AvgIpc) is 1.75. The predicted molar refractivity (Wildman–Crippen MR) is 43.2 cm³/mol. The Morgan fingerprint density at radius 3 is 1.81 bits per heavy atom. The molecular formula is C4H6F4LiNO4S2. The van der Waals surface area contributed by atoms with E-state index in [1.807, 2.05) is 0 Å². The molecule has 0 aliphatic rings. The van der Waals surface area contributed by atoms with Crippen LogP contribution in [0.25, 0.3) is 0 Å². The first-order valence-electron chi connectivity index (χ1n) is 3.06. The van der Waals surface area contributed by atoms with E-state index in [2.05, 4.69) is 6.58 Å². The Morgan fingerprint density at radius 2 is 1.62 bits per heavy atom. The summed E-state index contributed by atoms with van der Waals surface area (Å²) in [4.78, 5) is 0. The quantitative estimate of drug-likeness (QED) is 0.264. The van der Waals surface area contributed by atoms with Crippen molar-refractivity contribution in [3.05, 3.63) is 12.7 Å². The first kappa shape index (κ1) is 18.3. The Balaban J connectivity index is -0.000000980. The molecular weight excluding hydrogens is 273 g/mol. The van der Waals surface area contributed by atoms with Gasteiger partial charge in [0.1, 0.15) is 0 Å². The molecule has 0 aliphatic heterocycles. The zero-order valence-corrected chi connectivity index (χ0v) is 9.46. The molecule has 0 saturated carbocycles. The molecule has 0 rings (SSSR count). The van der Waals surface area contributed by atoms with Crippen molar-refractivity contribution in [3.8, 4) is 0 Å². The van der Waals surface area contributed by atoms with E-state index in [9.17, 15) is 33.9 Å². The number of hydrogen-bond donors (Lipinski definition) is 1. The van der Waals surface area contributed by atoms with Crippen molar-refractivity contribution >= 4 is 20.4 Å². The summed E-state index contributed by atoms with van der Waals surface area (Å²) in [7, 11) is -11.2. The van der Waals surface area contributed by atoms with Gasteiger partial charge in [0.15, 0.2) is 5.25 Å². The second-order valence-corrected chi connectivity index (χ2v) is 5.40. The van der Waals surface area contributed by atoms with Crippen LogP contribution in [0.3, 0.4) is 0 Å². The van der Waals surface area contributed by atoms with Crippen LogP contribution in [0.2, 0.25) is 0 Å². The molecule has 0 aromatic heterocycles. The minimum atomic E-state index is -5.78. The van der Waals surface area contributed by atoms with Gasteiger partial charge < -0.3 is 1.43 Å². The predicted octanol–water partition coefficient (Wildman–Crippen LogP) is -2.65. The van der Waals surface area contributed by atoms with Gasteiger partial charge in [-0.2, -0.15) is 21.6 Å². The van der Waals surface area contributed by atoms with E-state index in [-0.39, 0.29) is 30.5 Å². The largest absolute Gasteiger partial charge is 1.00 e. The second-order valence-electron chi connectivity index (χ2n) is 2.26. The fourth-order valence-electron chi connectivity index (χ4n) is 0.627. The number of nitrogens with one attached hydrogen (secondary N) is 1. The van der Waals surface area contributed by atoms with E-state index in [0.29, 0.717) is 0 Å². The minimum Gasteiger partial charge on any atom is -1.00 e. The van der Waals surface area contributed by atoms with E-state index in [4.69, 9.17) is 0 Å². The van der Waals surface area contributed by atoms with Crippen molar-refractivity contribution in [2.24, 2.45) is 0 Å². The molecule has 92 valence electrons. The van der Waals surface area contributed by atoms with Gasteiger partial charge >= 0.3 is 35.4 Å². The van der Waals surface area contributed by atoms with Crippen LogP contribution in [0, 0.1) is 0 Å². The molecule has 16 heavy (non-hydrogen) atoms. The van der Waals surface area contributed by atoms with Gasteiger partial charge in [0.05, 0.1) is 0 Å². The van der Waals surface area contributed by atoms with Crippen molar-refractivity contribution in [3.63, 3.8) is 0 Å². The molecule has 0 amide bonds. The van der Waals surface area contributed by atoms with Crippen LogP contribution in [-0.2, 0) is 20.4 Å². The van der Waals surface area contributed by atoms with Gasteiger partial charge in [-0.3, -0.25) is 0 Å². The van der Waals surface area contributed by atoms with Crippen LogP contribution >= 0.6 is 0 Å². The molecule has 0 spiro atoms. The Kier molecular flexibility index (Phi) is 6.29. The normalized spacial score (nSPS) is 15.0. The summed E-state index contributed by atoms with van der Waals surface area (Å²) in [6, 6.07) is 0. The molecule has 1 atom stereocenters. The molecule has 0 fully saturated rings. The molecule has 1 N–H and O–H groups in total. The van der Waals surface area contributed by atoms with Crippen LogP contribution in [0.5, 0.6) is 0 Å². The summed E-state index contributed by atoms with van der Waals surface area (Å²) >= 11 is 0. The van der Waals surface area contributed by atoms with Crippen LogP contribution < -0.4 is 23.0 Å². The minimum absolute atomic E-state index is 0. The van der Waals surface area contributed by atoms with Crippen LogP contribution in [-0.4, -0.2) is 28.3 Å². The van der Waals surface area contributed by atoms with Crippen LogP contribution in [0.4, 0.5) is 17.1 Å². The van der Waals surface area contributed by atoms with E-state index >= 15 is 0 Å². The summed E-state index contributed by atoms with van der Waals surface area (Å²) in [5.74, 6) is 0. The molecule has 0 radical (unpaired) electrons. The Morgan fingerprint density at radius 1 is 1.25 bits per heavy atom. The van der Waals surface area contributed by atoms with Crippen LogP contribution in [0.15, 0.2) is 12.7 Å². The van der Waals surface area contributed by atoms with Crippen LogP contribution in [0.1, 0.15) is 1.43 Å². The number of alkyl halides is 3. The van der Waals surface area contributed by atoms with E-state index in [0.717, 1.165) is 0 Å². The van der Waals surface area contributed by atoms with Gasteiger partial charge in [-0.05, 0) is 0 Å². The number of hydrogen-bond acceptors (Lipinski definition) is 4. The zero-order valence-electron chi connectivity index (χ0n) is 8.82. The fraction of sp³-hybridized carbons (Fsp3) is 0.500. The molecule has 0 aromatic carbocycles.